The van der Waals surface area contributed by atoms with E-state index in [0.717, 1.165) is 38.0 Å². The van der Waals surface area contributed by atoms with Crippen LogP contribution in [-0.2, 0) is 27.3 Å². The molecular formula is C21H25ClN6O3S. The molecule has 1 fully saturated rings. The van der Waals surface area contributed by atoms with E-state index in [2.05, 4.69) is 37.9 Å². The summed E-state index contributed by atoms with van der Waals surface area (Å²) in [6.07, 6.45) is 5.31. The van der Waals surface area contributed by atoms with Crippen LogP contribution in [0.3, 0.4) is 0 Å². The first-order chi connectivity index (χ1) is 15.4. The SMILES string of the molecule is CN1CCc2nc(NC(=O)[C@H]3CCCC[C@H]3NC(=O)C(=O)Nc3ccc(Cl)cn3)sc2C1. The third kappa shape index (κ3) is 5.43. The van der Waals surface area contributed by atoms with E-state index in [1.54, 1.807) is 6.07 Å². The first-order valence-corrected chi connectivity index (χ1v) is 11.8. The molecule has 0 radical (unpaired) electrons. The van der Waals surface area contributed by atoms with E-state index in [1.165, 1.54) is 28.5 Å². The number of likely N-dealkylation sites (N-methyl/N-ethyl adjacent to an activating group) is 1. The first-order valence-electron chi connectivity index (χ1n) is 10.6. The highest BCUT2D eigenvalue weighted by Gasteiger charge is 2.34. The van der Waals surface area contributed by atoms with Gasteiger partial charge in [0, 0.05) is 36.6 Å². The zero-order valence-electron chi connectivity index (χ0n) is 17.7. The number of pyridine rings is 1. The van der Waals surface area contributed by atoms with Crippen molar-refractivity contribution in [2.75, 3.05) is 24.2 Å². The van der Waals surface area contributed by atoms with Crippen molar-refractivity contribution < 1.29 is 14.4 Å². The number of hydrogen-bond donors (Lipinski definition) is 3. The fourth-order valence-corrected chi connectivity index (χ4v) is 5.25. The summed E-state index contributed by atoms with van der Waals surface area (Å²) < 4.78 is 0. The van der Waals surface area contributed by atoms with Gasteiger partial charge in [0.1, 0.15) is 5.82 Å². The number of carbonyl (C=O) groups is 3. The molecule has 2 aromatic heterocycles. The van der Waals surface area contributed by atoms with E-state index in [-0.39, 0.29) is 11.7 Å². The zero-order valence-corrected chi connectivity index (χ0v) is 19.3. The van der Waals surface area contributed by atoms with Crippen molar-refractivity contribution in [2.24, 2.45) is 5.92 Å². The van der Waals surface area contributed by atoms with Crippen molar-refractivity contribution in [1.29, 1.82) is 0 Å². The lowest BCUT2D eigenvalue weighted by Gasteiger charge is -2.30. The minimum absolute atomic E-state index is 0.172. The molecule has 2 aromatic rings. The third-order valence-electron chi connectivity index (χ3n) is 5.75. The number of fused-ring (bicyclic) bond motifs is 1. The molecule has 1 aliphatic heterocycles. The van der Waals surface area contributed by atoms with Gasteiger partial charge < -0.3 is 20.9 Å². The van der Waals surface area contributed by atoms with Crippen molar-refractivity contribution in [2.45, 2.75) is 44.7 Å². The average molecular weight is 477 g/mol. The highest BCUT2D eigenvalue weighted by molar-refractivity contribution is 7.15. The van der Waals surface area contributed by atoms with Gasteiger partial charge in [0.25, 0.3) is 0 Å². The van der Waals surface area contributed by atoms with Crippen LogP contribution in [0.1, 0.15) is 36.3 Å². The van der Waals surface area contributed by atoms with Crippen molar-refractivity contribution in [1.82, 2.24) is 20.2 Å². The Morgan fingerprint density at radius 1 is 1.16 bits per heavy atom. The summed E-state index contributed by atoms with van der Waals surface area (Å²) in [5.74, 6) is -1.99. The number of aromatic nitrogens is 2. The summed E-state index contributed by atoms with van der Waals surface area (Å²) in [6, 6.07) is 2.66. The second-order valence-corrected chi connectivity index (χ2v) is 9.67. The molecule has 32 heavy (non-hydrogen) atoms. The summed E-state index contributed by atoms with van der Waals surface area (Å²) in [5, 5.41) is 9.13. The molecule has 0 aromatic carbocycles. The van der Waals surface area contributed by atoms with Gasteiger partial charge in [0.15, 0.2) is 5.13 Å². The summed E-state index contributed by atoms with van der Waals surface area (Å²) in [5.41, 5.74) is 1.05. The molecule has 1 aliphatic carbocycles. The van der Waals surface area contributed by atoms with Gasteiger partial charge in [-0.15, -0.1) is 11.3 Å². The van der Waals surface area contributed by atoms with Gasteiger partial charge in [0.05, 0.1) is 16.6 Å². The normalized spacial score (nSPS) is 20.8. The van der Waals surface area contributed by atoms with E-state index in [4.69, 9.17) is 11.6 Å². The Hall–Kier alpha value is -2.56. The minimum Gasteiger partial charge on any atom is -0.344 e. The fourth-order valence-electron chi connectivity index (χ4n) is 4.05. The fraction of sp³-hybridized carbons (Fsp3) is 0.476. The van der Waals surface area contributed by atoms with Crippen molar-refractivity contribution in [3.8, 4) is 0 Å². The largest absolute Gasteiger partial charge is 0.344 e. The van der Waals surface area contributed by atoms with Crippen LogP contribution >= 0.6 is 22.9 Å². The monoisotopic (exact) mass is 476 g/mol. The Balaban J connectivity index is 1.36. The molecule has 0 spiro atoms. The molecule has 170 valence electrons. The number of hydrogen-bond acceptors (Lipinski definition) is 7. The molecular weight excluding hydrogens is 452 g/mol. The number of rotatable bonds is 4. The second-order valence-electron chi connectivity index (χ2n) is 8.15. The molecule has 1 saturated carbocycles. The lowest BCUT2D eigenvalue weighted by atomic mass is 9.84. The molecule has 0 unspecified atom stereocenters. The van der Waals surface area contributed by atoms with Crippen molar-refractivity contribution in [3.63, 3.8) is 0 Å². The van der Waals surface area contributed by atoms with Crippen LogP contribution in [0.5, 0.6) is 0 Å². The number of nitrogens with one attached hydrogen (secondary N) is 3. The number of anilines is 2. The number of halogens is 1. The Labute approximate surface area is 194 Å². The van der Waals surface area contributed by atoms with Gasteiger partial charge in [-0.25, -0.2) is 9.97 Å². The third-order valence-corrected chi connectivity index (χ3v) is 6.97. The molecule has 3 amide bonds. The lowest BCUT2D eigenvalue weighted by Crippen LogP contribution is -2.49. The molecule has 3 heterocycles. The zero-order chi connectivity index (χ0) is 22.7. The van der Waals surface area contributed by atoms with Crippen LogP contribution in [0.2, 0.25) is 5.02 Å². The van der Waals surface area contributed by atoms with E-state index >= 15 is 0 Å². The van der Waals surface area contributed by atoms with Crippen molar-refractivity contribution in [3.05, 3.63) is 33.9 Å². The molecule has 4 rings (SSSR count). The topological polar surface area (TPSA) is 116 Å². The van der Waals surface area contributed by atoms with Crippen LogP contribution in [0.15, 0.2) is 18.3 Å². The molecule has 3 N–H and O–H groups in total. The van der Waals surface area contributed by atoms with Crippen LogP contribution in [0, 0.1) is 5.92 Å². The number of thiazole rings is 1. The standard InChI is InChI=1S/C21H25ClN6O3S/c1-28-9-8-15-16(11-28)32-21(25-15)27-18(29)13-4-2-3-5-14(13)24-19(30)20(31)26-17-7-6-12(22)10-23-17/h6-7,10,13-14H,2-5,8-9,11H2,1H3,(H,24,30)(H,23,26,31)(H,25,27,29)/t13-,14+/m0/s1. The molecule has 2 aliphatic rings. The van der Waals surface area contributed by atoms with Crippen LogP contribution < -0.4 is 16.0 Å². The quantitative estimate of drug-likeness (QED) is 0.583. The predicted molar refractivity (Wildman–Crippen MR) is 123 cm³/mol. The number of carbonyl (C=O) groups excluding carboxylic acids is 3. The van der Waals surface area contributed by atoms with Crippen LogP contribution in [0.25, 0.3) is 0 Å². The van der Waals surface area contributed by atoms with E-state index in [1.807, 2.05) is 0 Å². The predicted octanol–water partition coefficient (Wildman–Crippen LogP) is 2.43. The van der Waals surface area contributed by atoms with Crippen molar-refractivity contribution >= 4 is 51.6 Å². The molecule has 9 nitrogen and oxygen atoms in total. The Morgan fingerprint density at radius 2 is 1.97 bits per heavy atom. The van der Waals surface area contributed by atoms with Gasteiger partial charge in [-0.2, -0.15) is 0 Å². The highest BCUT2D eigenvalue weighted by atomic mass is 35.5. The highest BCUT2D eigenvalue weighted by Crippen LogP contribution is 2.30. The average Bonchev–Trinajstić information content (AvgIpc) is 3.16. The van der Waals surface area contributed by atoms with Gasteiger partial charge in [0.2, 0.25) is 5.91 Å². The smallest absolute Gasteiger partial charge is 0.314 e. The molecule has 2 atom stereocenters. The van der Waals surface area contributed by atoms with Gasteiger partial charge in [-0.05, 0) is 32.0 Å². The van der Waals surface area contributed by atoms with Gasteiger partial charge >= 0.3 is 11.8 Å². The maximum Gasteiger partial charge on any atom is 0.314 e. The number of nitrogens with zero attached hydrogens (tertiary/aromatic N) is 3. The van der Waals surface area contributed by atoms with E-state index in [9.17, 15) is 14.4 Å². The first kappa shape index (κ1) is 22.6. The Kier molecular flexibility index (Phi) is 7.02. The maximum absolute atomic E-state index is 13.0. The van der Waals surface area contributed by atoms with Crippen LogP contribution in [-0.4, -0.2) is 52.2 Å². The van der Waals surface area contributed by atoms with Crippen LogP contribution in [0.4, 0.5) is 10.9 Å². The summed E-state index contributed by atoms with van der Waals surface area (Å²) in [6.45, 7) is 1.79. The Morgan fingerprint density at radius 3 is 2.75 bits per heavy atom. The van der Waals surface area contributed by atoms with Gasteiger partial charge in [-0.1, -0.05) is 24.4 Å². The van der Waals surface area contributed by atoms with E-state index in [0.29, 0.717) is 23.0 Å². The molecule has 11 heteroatoms. The summed E-state index contributed by atoms with van der Waals surface area (Å²) >= 11 is 7.28. The maximum atomic E-state index is 13.0. The Bertz CT molecular complexity index is 1010. The minimum atomic E-state index is -0.832. The van der Waals surface area contributed by atoms with E-state index < -0.39 is 23.8 Å². The lowest BCUT2D eigenvalue weighted by molar-refractivity contribution is -0.137. The summed E-state index contributed by atoms with van der Waals surface area (Å²) in [7, 11) is 2.06. The second kappa shape index (κ2) is 9.93. The van der Waals surface area contributed by atoms with Gasteiger partial charge in [-0.3, -0.25) is 14.4 Å². The summed E-state index contributed by atoms with van der Waals surface area (Å²) in [4.78, 5) is 49.7. The molecule has 0 saturated heterocycles. The number of amides is 3. The molecule has 0 bridgehead atoms.